The number of aliphatic hydroxyl groups is 1. The van der Waals surface area contributed by atoms with Crippen LogP contribution in [0.3, 0.4) is 0 Å². The third kappa shape index (κ3) is 5.52. The predicted octanol–water partition coefficient (Wildman–Crippen LogP) is 5.04. The van der Waals surface area contributed by atoms with Gasteiger partial charge in [0, 0.05) is 5.02 Å². The van der Waals surface area contributed by atoms with Crippen molar-refractivity contribution in [2.24, 2.45) is 5.92 Å². The van der Waals surface area contributed by atoms with Gasteiger partial charge in [0.1, 0.15) is 6.61 Å². The maximum atomic E-state index is 12.0. The van der Waals surface area contributed by atoms with Gasteiger partial charge in [-0.2, -0.15) is 0 Å². The molecular formula is C18H22Cl2O3. The highest BCUT2D eigenvalue weighted by Crippen LogP contribution is 2.27. The van der Waals surface area contributed by atoms with Crippen LogP contribution in [0.4, 0.5) is 0 Å². The monoisotopic (exact) mass is 356 g/mol. The van der Waals surface area contributed by atoms with Crippen molar-refractivity contribution in [3.05, 3.63) is 45.5 Å². The zero-order valence-electron chi connectivity index (χ0n) is 13.2. The van der Waals surface area contributed by atoms with Gasteiger partial charge in [0.15, 0.2) is 0 Å². The molecule has 1 N–H and O–H groups in total. The van der Waals surface area contributed by atoms with Crippen molar-refractivity contribution >= 4 is 29.2 Å². The van der Waals surface area contributed by atoms with Crippen molar-refractivity contribution in [3.63, 3.8) is 0 Å². The Labute approximate surface area is 147 Å². The molecule has 0 aromatic heterocycles. The van der Waals surface area contributed by atoms with E-state index in [0.717, 1.165) is 31.3 Å². The lowest BCUT2D eigenvalue weighted by Crippen LogP contribution is -2.23. The van der Waals surface area contributed by atoms with Crippen LogP contribution in [0.15, 0.2) is 29.8 Å². The zero-order chi connectivity index (χ0) is 16.8. The second-order valence-corrected chi connectivity index (χ2v) is 6.94. The lowest BCUT2D eigenvalue weighted by Gasteiger charge is -2.26. The summed E-state index contributed by atoms with van der Waals surface area (Å²) in [5.74, 6) is -0.141. The van der Waals surface area contributed by atoms with E-state index in [1.165, 1.54) is 12.5 Å². The summed E-state index contributed by atoms with van der Waals surface area (Å²) >= 11 is 11.8. The number of benzene rings is 1. The molecule has 0 aliphatic heterocycles. The fraction of sp³-hybridized carbons (Fsp3) is 0.500. The van der Waals surface area contributed by atoms with Crippen LogP contribution in [-0.2, 0) is 4.74 Å². The summed E-state index contributed by atoms with van der Waals surface area (Å²) in [6, 6.07) is 4.69. The van der Waals surface area contributed by atoms with Crippen molar-refractivity contribution < 1.29 is 14.6 Å². The molecule has 0 bridgehead atoms. The molecule has 0 radical (unpaired) electrons. The Morgan fingerprint density at radius 1 is 1.35 bits per heavy atom. The second kappa shape index (κ2) is 8.72. The normalized spacial score (nSPS) is 22.0. The maximum Gasteiger partial charge on any atom is 0.339 e. The highest BCUT2D eigenvalue weighted by Gasteiger charge is 2.21. The molecule has 126 valence electrons. The molecule has 0 spiro atoms. The Bertz CT molecular complexity index is 584. The van der Waals surface area contributed by atoms with Gasteiger partial charge >= 0.3 is 5.97 Å². The molecule has 1 aromatic carbocycles. The van der Waals surface area contributed by atoms with Gasteiger partial charge in [-0.15, -0.1) is 0 Å². The molecule has 0 amide bonds. The SMILES string of the molecule is C/C(=C\C[C@H]1CCCC[C@@H]1O)COC(=O)c1ccc(Cl)cc1Cl. The summed E-state index contributed by atoms with van der Waals surface area (Å²) in [7, 11) is 0. The molecule has 1 saturated carbocycles. The number of hydrogen-bond donors (Lipinski definition) is 1. The number of aliphatic hydroxyl groups excluding tert-OH is 1. The van der Waals surface area contributed by atoms with Crippen molar-refractivity contribution in [1.29, 1.82) is 0 Å². The molecule has 5 heteroatoms. The first-order valence-electron chi connectivity index (χ1n) is 7.93. The predicted molar refractivity (Wildman–Crippen MR) is 93.1 cm³/mol. The van der Waals surface area contributed by atoms with Gasteiger partial charge in [0.2, 0.25) is 0 Å². The van der Waals surface area contributed by atoms with Crippen molar-refractivity contribution in [1.82, 2.24) is 0 Å². The number of ether oxygens (including phenoxy) is 1. The van der Waals surface area contributed by atoms with Gasteiger partial charge in [-0.25, -0.2) is 4.79 Å². The molecule has 0 heterocycles. The first kappa shape index (κ1) is 18.3. The topological polar surface area (TPSA) is 46.5 Å². The van der Waals surface area contributed by atoms with Gasteiger partial charge in [-0.3, -0.25) is 0 Å². The number of halogens is 2. The molecule has 2 atom stereocenters. The molecule has 1 aromatic rings. The second-order valence-electron chi connectivity index (χ2n) is 6.10. The van der Waals surface area contributed by atoms with Gasteiger partial charge in [0.05, 0.1) is 16.7 Å². The summed E-state index contributed by atoms with van der Waals surface area (Å²) in [4.78, 5) is 12.0. The quantitative estimate of drug-likeness (QED) is 0.593. The highest BCUT2D eigenvalue weighted by molar-refractivity contribution is 6.36. The first-order valence-corrected chi connectivity index (χ1v) is 8.69. The van der Waals surface area contributed by atoms with Gasteiger partial charge < -0.3 is 9.84 Å². The van der Waals surface area contributed by atoms with Crippen LogP contribution in [0.25, 0.3) is 0 Å². The minimum absolute atomic E-state index is 0.205. The summed E-state index contributed by atoms with van der Waals surface area (Å²) in [5.41, 5.74) is 1.28. The molecule has 1 aliphatic carbocycles. The molecule has 2 rings (SSSR count). The summed E-state index contributed by atoms with van der Waals surface area (Å²) < 4.78 is 5.28. The molecule has 0 unspecified atom stereocenters. The summed E-state index contributed by atoms with van der Waals surface area (Å²) in [6.07, 6.45) is 6.91. The Kier molecular flexibility index (Phi) is 6.94. The maximum absolute atomic E-state index is 12.0. The number of rotatable bonds is 5. The van der Waals surface area contributed by atoms with E-state index in [1.807, 2.05) is 6.92 Å². The Morgan fingerprint density at radius 3 is 2.78 bits per heavy atom. The third-order valence-corrected chi connectivity index (χ3v) is 4.77. The fourth-order valence-corrected chi connectivity index (χ4v) is 3.27. The minimum Gasteiger partial charge on any atom is -0.458 e. The van der Waals surface area contributed by atoms with Crippen LogP contribution in [0.1, 0.15) is 49.4 Å². The van der Waals surface area contributed by atoms with E-state index in [0.29, 0.717) is 16.5 Å². The summed E-state index contributed by atoms with van der Waals surface area (Å²) in [6.45, 7) is 2.15. The Morgan fingerprint density at radius 2 is 2.09 bits per heavy atom. The van der Waals surface area contributed by atoms with Crippen molar-refractivity contribution in [2.75, 3.05) is 6.61 Å². The van der Waals surface area contributed by atoms with Gasteiger partial charge in [-0.1, -0.05) is 42.1 Å². The van der Waals surface area contributed by atoms with Crippen LogP contribution in [-0.4, -0.2) is 23.8 Å². The Balaban J connectivity index is 1.84. The van der Waals surface area contributed by atoms with Crippen LogP contribution in [0.2, 0.25) is 10.0 Å². The van der Waals surface area contributed by atoms with E-state index in [1.54, 1.807) is 12.1 Å². The van der Waals surface area contributed by atoms with E-state index in [9.17, 15) is 9.90 Å². The largest absolute Gasteiger partial charge is 0.458 e. The van der Waals surface area contributed by atoms with Gasteiger partial charge in [0.25, 0.3) is 0 Å². The Hall–Kier alpha value is -1.03. The first-order chi connectivity index (χ1) is 11.0. The molecule has 3 nitrogen and oxygen atoms in total. The molecule has 1 fully saturated rings. The van der Waals surface area contributed by atoms with E-state index in [-0.39, 0.29) is 17.7 Å². The van der Waals surface area contributed by atoms with Crippen LogP contribution >= 0.6 is 23.2 Å². The molecular weight excluding hydrogens is 335 g/mol. The lowest BCUT2D eigenvalue weighted by atomic mass is 9.84. The average Bonchev–Trinajstić information content (AvgIpc) is 2.52. The van der Waals surface area contributed by atoms with Crippen LogP contribution in [0.5, 0.6) is 0 Å². The third-order valence-electron chi connectivity index (χ3n) is 4.22. The molecule has 0 saturated heterocycles. The number of carbonyl (C=O) groups excluding carboxylic acids is 1. The number of allylic oxidation sites excluding steroid dienone is 1. The van der Waals surface area contributed by atoms with E-state index >= 15 is 0 Å². The summed E-state index contributed by atoms with van der Waals surface area (Å²) in [5, 5.41) is 10.7. The highest BCUT2D eigenvalue weighted by atomic mass is 35.5. The van der Waals surface area contributed by atoms with E-state index in [2.05, 4.69) is 6.08 Å². The smallest absolute Gasteiger partial charge is 0.339 e. The lowest BCUT2D eigenvalue weighted by molar-refractivity contribution is 0.0537. The van der Waals surface area contributed by atoms with E-state index < -0.39 is 5.97 Å². The molecule has 23 heavy (non-hydrogen) atoms. The number of carbonyl (C=O) groups is 1. The number of esters is 1. The average molecular weight is 357 g/mol. The van der Waals surface area contributed by atoms with Gasteiger partial charge in [-0.05, 0) is 55.9 Å². The zero-order valence-corrected chi connectivity index (χ0v) is 14.7. The minimum atomic E-state index is -0.461. The number of hydrogen-bond acceptors (Lipinski definition) is 3. The van der Waals surface area contributed by atoms with Crippen molar-refractivity contribution in [3.8, 4) is 0 Å². The molecule has 1 aliphatic rings. The van der Waals surface area contributed by atoms with Crippen LogP contribution in [0, 0.1) is 5.92 Å². The van der Waals surface area contributed by atoms with E-state index in [4.69, 9.17) is 27.9 Å². The fourth-order valence-electron chi connectivity index (χ4n) is 2.79. The van der Waals surface area contributed by atoms with Crippen LogP contribution < -0.4 is 0 Å². The van der Waals surface area contributed by atoms with Crippen molar-refractivity contribution in [2.45, 2.75) is 45.1 Å². The standard InChI is InChI=1S/C18H22Cl2O3/c1-12(6-7-13-4-2-3-5-17(13)21)11-23-18(22)15-9-8-14(19)10-16(15)20/h6,8-10,13,17,21H,2-5,7,11H2,1H3/b12-6+/t13-,17+/m1/s1.